The fourth-order valence-corrected chi connectivity index (χ4v) is 3.76. The molecule has 8 heteroatoms. The second-order valence-electron chi connectivity index (χ2n) is 6.79. The SMILES string of the molecule is O=C(c1nc(N2CCCC2)ncc1Cl)N1CCN(c2ccccc2F)CC1. The minimum atomic E-state index is -0.244. The van der Waals surface area contributed by atoms with Crippen molar-refractivity contribution in [2.75, 3.05) is 49.1 Å². The molecule has 0 aliphatic carbocycles. The average molecular weight is 390 g/mol. The standard InChI is InChI=1S/C19H21ClFN5O/c20-14-13-22-19(26-7-3-4-8-26)23-17(14)18(27)25-11-9-24(10-12-25)16-6-2-1-5-15(16)21/h1-2,5-6,13H,3-4,7-12H2. The minimum absolute atomic E-state index is 0.198. The zero-order valence-corrected chi connectivity index (χ0v) is 15.7. The summed E-state index contributed by atoms with van der Waals surface area (Å²) in [5.41, 5.74) is 0.814. The highest BCUT2D eigenvalue weighted by molar-refractivity contribution is 6.33. The molecule has 142 valence electrons. The number of carbonyl (C=O) groups is 1. The molecule has 2 fully saturated rings. The maximum absolute atomic E-state index is 14.0. The molecule has 6 nitrogen and oxygen atoms in total. The monoisotopic (exact) mass is 389 g/mol. The third-order valence-electron chi connectivity index (χ3n) is 5.08. The van der Waals surface area contributed by atoms with Gasteiger partial charge in [0, 0.05) is 39.3 Å². The smallest absolute Gasteiger partial charge is 0.274 e. The fourth-order valence-electron chi connectivity index (χ4n) is 3.59. The predicted molar refractivity (Wildman–Crippen MR) is 103 cm³/mol. The highest BCUT2D eigenvalue weighted by Gasteiger charge is 2.27. The normalized spacial score (nSPS) is 17.5. The Morgan fingerprint density at radius 3 is 2.41 bits per heavy atom. The molecule has 2 aliphatic rings. The fraction of sp³-hybridized carbons (Fsp3) is 0.421. The van der Waals surface area contributed by atoms with E-state index in [4.69, 9.17) is 11.6 Å². The first-order valence-corrected chi connectivity index (χ1v) is 9.57. The zero-order chi connectivity index (χ0) is 18.8. The number of piperazine rings is 1. The molecule has 0 saturated carbocycles. The van der Waals surface area contributed by atoms with Gasteiger partial charge in [0.2, 0.25) is 5.95 Å². The van der Waals surface area contributed by atoms with E-state index < -0.39 is 0 Å². The molecular weight excluding hydrogens is 369 g/mol. The van der Waals surface area contributed by atoms with Gasteiger partial charge in [0.05, 0.1) is 16.9 Å². The number of carbonyl (C=O) groups excluding carboxylic acids is 1. The van der Waals surface area contributed by atoms with E-state index in [1.165, 1.54) is 12.3 Å². The van der Waals surface area contributed by atoms with Gasteiger partial charge in [0.15, 0.2) is 5.69 Å². The van der Waals surface area contributed by atoms with Gasteiger partial charge < -0.3 is 14.7 Å². The Labute approximate surface area is 162 Å². The molecule has 1 amide bonds. The summed E-state index contributed by atoms with van der Waals surface area (Å²) >= 11 is 6.21. The number of aromatic nitrogens is 2. The number of anilines is 2. The number of rotatable bonds is 3. The van der Waals surface area contributed by atoms with Crippen LogP contribution in [0, 0.1) is 5.82 Å². The molecule has 0 bridgehead atoms. The van der Waals surface area contributed by atoms with E-state index in [2.05, 4.69) is 14.9 Å². The summed E-state index contributed by atoms with van der Waals surface area (Å²) in [6, 6.07) is 6.70. The summed E-state index contributed by atoms with van der Waals surface area (Å²) in [7, 11) is 0. The Hall–Kier alpha value is -2.41. The summed E-state index contributed by atoms with van der Waals surface area (Å²) in [5, 5.41) is 0.263. The molecule has 1 aromatic carbocycles. The lowest BCUT2D eigenvalue weighted by molar-refractivity contribution is 0.0741. The topological polar surface area (TPSA) is 52.6 Å². The van der Waals surface area contributed by atoms with Crippen molar-refractivity contribution in [3.05, 3.63) is 47.0 Å². The van der Waals surface area contributed by atoms with Gasteiger partial charge in [-0.25, -0.2) is 14.4 Å². The van der Waals surface area contributed by atoms with Crippen LogP contribution in [0.2, 0.25) is 5.02 Å². The molecule has 0 unspecified atom stereocenters. The Bertz CT molecular complexity index is 835. The molecule has 2 saturated heterocycles. The van der Waals surface area contributed by atoms with Crippen molar-refractivity contribution in [2.45, 2.75) is 12.8 Å². The Balaban J connectivity index is 1.46. The maximum atomic E-state index is 14.0. The maximum Gasteiger partial charge on any atom is 0.274 e. The van der Waals surface area contributed by atoms with Crippen molar-refractivity contribution in [1.82, 2.24) is 14.9 Å². The molecule has 2 aromatic rings. The van der Waals surface area contributed by atoms with E-state index in [-0.39, 0.29) is 22.4 Å². The molecule has 0 atom stereocenters. The van der Waals surface area contributed by atoms with Gasteiger partial charge in [-0.2, -0.15) is 0 Å². The van der Waals surface area contributed by atoms with Crippen molar-refractivity contribution in [2.24, 2.45) is 0 Å². The van der Waals surface area contributed by atoms with Crippen LogP contribution in [-0.4, -0.2) is 60.0 Å². The highest BCUT2D eigenvalue weighted by atomic mass is 35.5. The highest BCUT2D eigenvalue weighted by Crippen LogP contribution is 2.23. The molecule has 4 rings (SSSR count). The van der Waals surface area contributed by atoms with Crippen LogP contribution >= 0.6 is 11.6 Å². The van der Waals surface area contributed by atoms with Gasteiger partial charge in [-0.3, -0.25) is 4.79 Å². The zero-order valence-electron chi connectivity index (χ0n) is 14.9. The van der Waals surface area contributed by atoms with Crippen molar-refractivity contribution >= 4 is 29.1 Å². The molecule has 1 aromatic heterocycles. The van der Waals surface area contributed by atoms with Gasteiger partial charge in [0.1, 0.15) is 5.82 Å². The van der Waals surface area contributed by atoms with Crippen LogP contribution in [0.5, 0.6) is 0 Å². The number of hydrogen-bond acceptors (Lipinski definition) is 5. The largest absolute Gasteiger partial charge is 0.366 e. The summed E-state index contributed by atoms with van der Waals surface area (Å²) in [4.78, 5) is 27.4. The molecule has 0 radical (unpaired) electrons. The summed E-state index contributed by atoms with van der Waals surface area (Å²) < 4.78 is 14.0. The van der Waals surface area contributed by atoms with Crippen LogP contribution in [0.3, 0.4) is 0 Å². The average Bonchev–Trinajstić information content (AvgIpc) is 3.23. The van der Waals surface area contributed by atoms with Crippen LogP contribution in [0.15, 0.2) is 30.5 Å². The number of amides is 1. The number of nitrogens with zero attached hydrogens (tertiary/aromatic N) is 5. The van der Waals surface area contributed by atoms with Gasteiger partial charge in [0.25, 0.3) is 5.91 Å². The van der Waals surface area contributed by atoms with Crippen LogP contribution in [0.25, 0.3) is 0 Å². The van der Waals surface area contributed by atoms with E-state index in [1.807, 2.05) is 11.0 Å². The molecular formula is C19H21ClFN5O. The molecule has 0 spiro atoms. The summed E-state index contributed by atoms with van der Waals surface area (Å²) in [6.07, 6.45) is 3.71. The number of para-hydroxylation sites is 1. The summed E-state index contributed by atoms with van der Waals surface area (Å²) in [6.45, 7) is 3.91. The molecule has 27 heavy (non-hydrogen) atoms. The summed E-state index contributed by atoms with van der Waals surface area (Å²) in [5.74, 6) is 0.118. The number of hydrogen-bond donors (Lipinski definition) is 0. The van der Waals surface area contributed by atoms with E-state index in [1.54, 1.807) is 17.0 Å². The van der Waals surface area contributed by atoms with E-state index >= 15 is 0 Å². The van der Waals surface area contributed by atoms with Gasteiger partial charge in [-0.15, -0.1) is 0 Å². The van der Waals surface area contributed by atoms with Gasteiger partial charge in [-0.1, -0.05) is 23.7 Å². The first kappa shape index (κ1) is 18.0. The predicted octanol–water partition coefficient (Wildman–Crippen LogP) is 2.83. The van der Waals surface area contributed by atoms with Crippen molar-refractivity contribution in [1.29, 1.82) is 0 Å². The third kappa shape index (κ3) is 3.69. The van der Waals surface area contributed by atoms with Crippen LogP contribution < -0.4 is 9.80 Å². The van der Waals surface area contributed by atoms with E-state index in [0.29, 0.717) is 37.8 Å². The molecule has 0 N–H and O–H groups in total. The first-order chi connectivity index (χ1) is 13.1. The Morgan fingerprint density at radius 1 is 1.00 bits per heavy atom. The van der Waals surface area contributed by atoms with Crippen LogP contribution in [-0.2, 0) is 0 Å². The lowest BCUT2D eigenvalue weighted by Crippen LogP contribution is -2.49. The Morgan fingerprint density at radius 2 is 1.70 bits per heavy atom. The first-order valence-electron chi connectivity index (χ1n) is 9.20. The lowest BCUT2D eigenvalue weighted by atomic mass is 10.2. The van der Waals surface area contributed by atoms with Crippen molar-refractivity contribution < 1.29 is 9.18 Å². The second-order valence-corrected chi connectivity index (χ2v) is 7.20. The quantitative estimate of drug-likeness (QED) is 0.808. The number of benzene rings is 1. The van der Waals surface area contributed by atoms with Crippen LogP contribution in [0.4, 0.5) is 16.0 Å². The van der Waals surface area contributed by atoms with Gasteiger partial charge in [-0.05, 0) is 25.0 Å². The van der Waals surface area contributed by atoms with Crippen molar-refractivity contribution in [3.63, 3.8) is 0 Å². The Kier molecular flexibility index (Phi) is 5.11. The lowest BCUT2D eigenvalue weighted by Gasteiger charge is -2.36. The van der Waals surface area contributed by atoms with Crippen molar-refractivity contribution in [3.8, 4) is 0 Å². The third-order valence-corrected chi connectivity index (χ3v) is 5.36. The molecule has 3 heterocycles. The van der Waals surface area contributed by atoms with Crippen LogP contribution in [0.1, 0.15) is 23.3 Å². The minimum Gasteiger partial charge on any atom is -0.366 e. The molecule has 2 aliphatic heterocycles. The van der Waals surface area contributed by atoms with E-state index in [0.717, 1.165) is 25.9 Å². The van der Waals surface area contributed by atoms with Gasteiger partial charge >= 0.3 is 0 Å². The second kappa shape index (κ2) is 7.68. The number of halogens is 2. The van der Waals surface area contributed by atoms with E-state index in [9.17, 15) is 9.18 Å².